The highest BCUT2D eigenvalue weighted by Gasteiger charge is 2.19. The lowest BCUT2D eigenvalue weighted by Gasteiger charge is -2.07. The Kier molecular flexibility index (Phi) is 3.78. The van der Waals surface area contributed by atoms with Crippen molar-refractivity contribution < 1.29 is 8.78 Å². The van der Waals surface area contributed by atoms with Crippen LogP contribution >= 0.6 is 27.5 Å². The number of nitriles is 1. The molecule has 0 radical (unpaired) electrons. The zero-order valence-electron chi connectivity index (χ0n) is 6.77. The van der Waals surface area contributed by atoms with Gasteiger partial charge in [0.05, 0.1) is 5.56 Å². The van der Waals surface area contributed by atoms with Crippen LogP contribution in [0.25, 0.3) is 0 Å². The minimum absolute atomic E-state index is 0.0420. The number of alkyl halides is 3. The number of hydrogen-bond donors (Lipinski definition) is 0. The van der Waals surface area contributed by atoms with Crippen LogP contribution in [0.15, 0.2) is 6.07 Å². The van der Waals surface area contributed by atoms with E-state index in [0.717, 1.165) is 0 Å². The minimum atomic E-state index is -2.72. The van der Waals surface area contributed by atoms with Gasteiger partial charge in [-0.3, -0.25) is 0 Å². The summed E-state index contributed by atoms with van der Waals surface area (Å²) in [6.45, 7) is 0. The maximum absolute atomic E-state index is 12.5. The topological polar surface area (TPSA) is 36.7 Å². The van der Waals surface area contributed by atoms with Gasteiger partial charge in [0.1, 0.15) is 11.2 Å². The van der Waals surface area contributed by atoms with Gasteiger partial charge in [-0.05, 0) is 11.6 Å². The summed E-state index contributed by atoms with van der Waals surface area (Å²) >= 11 is 8.60. The van der Waals surface area contributed by atoms with Crippen molar-refractivity contribution in [1.82, 2.24) is 4.98 Å². The Morgan fingerprint density at radius 2 is 2.29 bits per heavy atom. The van der Waals surface area contributed by atoms with E-state index >= 15 is 0 Å². The molecule has 0 amide bonds. The number of rotatable bonds is 2. The van der Waals surface area contributed by atoms with Gasteiger partial charge in [-0.15, -0.1) is 0 Å². The van der Waals surface area contributed by atoms with Crippen LogP contribution in [0.5, 0.6) is 0 Å². The zero-order chi connectivity index (χ0) is 10.7. The van der Waals surface area contributed by atoms with Crippen molar-refractivity contribution in [3.05, 3.63) is 28.0 Å². The zero-order valence-corrected chi connectivity index (χ0v) is 9.11. The van der Waals surface area contributed by atoms with E-state index in [4.69, 9.17) is 16.9 Å². The first-order valence-electron chi connectivity index (χ1n) is 3.53. The molecule has 0 atom stereocenters. The monoisotopic (exact) mass is 280 g/mol. The fraction of sp³-hybridized carbons (Fsp3) is 0.250. The lowest BCUT2D eigenvalue weighted by atomic mass is 10.1. The summed E-state index contributed by atoms with van der Waals surface area (Å²) in [6.07, 6.45) is -2.72. The van der Waals surface area contributed by atoms with E-state index in [0.29, 0.717) is 0 Å². The van der Waals surface area contributed by atoms with Gasteiger partial charge >= 0.3 is 0 Å². The molecule has 0 N–H and O–H groups in total. The SMILES string of the molecule is N#Cc1nc(Cl)cc(CBr)c1C(F)F. The van der Waals surface area contributed by atoms with Gasteiger partial charge in [-0.25, -0.2) is 13.8 Å². The molecule has 0 unspecified atom stereocenters. The third-order valence-corrected chi connectivity index (χ3v) is 2.38. The lowest BCUT2D eigenvalue weighted by Crippen LogP contribution is -2.00. The molecular weight excluding hydrogens is 277 g/mol. The van der Waals surface area contributed by atoms with E-state index in [1.54, 1.807) is 6.07 Å². The highest BCUT2D eigenvalue weighted by atomic mass is 79.9. The Bertz CT molecular complexity index is 390. The molecule has 0 spiro atoms. The minimum Gasteiger partial charge on any atom is -0.225 e. The molecule has 0 saturated heterocycles. The van der Waals surface area contributed by atoms with E-state index in [9.17, 15) is 8.78 Å². The number of nitrogens with zero attached hydrogens (tertiary/aromatic N) is 2. The molecule has 0 saturated carbocycles. The second-order valence-electron chi connectivity index (χ2n) is 2.41. The normalized spacial score (nSPS) is 10.3. The first kappa shape index (κ1) is 11.3. The first-order chi connectivity index (χ1) is 6.60. The summed E-state index contributed by atoms with van der Waals surface area (Å²) in [5.74, 6) is 0. The maximum Gasteiger partial charge on any atom is 0.266 e. The Labute approximate surface area is 92.6 Å². The van der Waals surface area contributed by atoms with Crippen LogP contribution in [-0.2, 0) is 5.33 Å². The van der Waals surface area contributed by atoms with E-state index in [1.807, 2.05) is 0 Å². The van der Waals surface area contributed by atoms with Crippen molar-refractivity contribution in [1.29, 1.82) is 5.26 Å². The molecule has 1 rings (SSSR count). The van der Waals surface area contributed by atoms with Crippen LogP contribution in [0.2, 0.25) is 5.15 Å². The Morgan fingerprint density at radius 1 is 1.64 bits per heavy atom. The third-order valence-electron chi connectivity index (χ3n) is 1.58. The highest BCUT2D eigenvalue weighted by Crippen LogP contribution is 2.28. The molecule has 0 aliphatic heterocycles. The molecule has 0 fully saturated rings. The Hall–Kier alpha value is -0.730. The van der Waals surface area contributed by atoms with Crippen LogP contribution in [0.4, 0.5) is 8.78 Å². The van der Waals surface area contributed by atoms with Crippen LogP contribution in [0, 0.1) is 11.3 Å². The van der Waals surface area contributed by atoms with Crippen LogP contribution in [0.3, 0.4) is 0 Å². The van der Waals surface area contributed by atoms with Gasteiger partial charge in [0.15, 0.2) is 5.69 Å². The standard InChI is InChI=1S/C8H4BrClF2N2/c9-2-4-1-6(10)14-5(3-13)7(4)8(11)12/h1,8H,2H2. The van der Waals surface area contributed by atoms with Crippen LogP contribution in [0.1, 0.15) is 23.2 Å². The molecule has 0 aromatic carbocycles. The van der Waals surface area contributed by atoms with Gasteiger partial charge in [0, 0.05) is 5.33 Å². The van der Waals surface area contributed by atoms with Crippen LogP contribution in [-0.4, -0.2) is 4.98 Å². The van der Waals surface area contributed by atoms with Crippen molar-refractivity contribution in [2.24, 2.45) is 0 Å². The van der Waals surface area contributed by atoms with Crippen molar-refractivity contribution in [2.75, 3.05) is 0 Å². The van der Waals surface area contributed by atoms with Crippen molar-refractivity contribution in [3.8, 4) is 6.07 Å². The van der Waals surface area contributed by atoms with Gasteiger partial charge in [0.25, 0.3) is 6.43 Å². The fourth-order valence-electron chi connectivity index (χ4n) is 1.01. The fourth-order valence-corrected chi connectivity index (χ4v) is 1.69. The summed E-state index contributed by atoms with van der Waals surface area (Å²) in [4.78, 5) is 3.52. The Balaban J connectivity index is 3.42. The largest absolute Gasteiger partial charge is 0.266 e. The summed E-state index contributed by atoms with van der Waals surface area (Å²) in [5, 5.41) is 8.85. The van der Waals surface area contributed by atoms with Crippen molar-refractivity contribution in [3.63, 3.8) is 0 Å². The molecule has 1 aromatic rings. The summed E-state index contributed by atoms with van der Waals surface area (Å²) in [6, 6.07) is 2.91. The quantitative estimate of drug-likeness (QED) is 0.615. The van der Waals surface area contributed by atoms with Crippen molar-refractivity contribution in [2.45, 2.75) is 11.8 Å². The third kappa shape index (κ3) is 2.20. The van der Waals surface area contributed by atoms with Gasteiger partial charge in [-0.1, -0.05) is 27.5 Å². The van der Waals surface area contributed by atoms with Crippen molar-refractivity contribution >= 4 is 27.5 Å². The number of hydrogen-bond acceptors (Lipinski definition) is 2. The second kappa shape index (κ2) is 4.67. The average Bonchev–Trinajstić information content (AvgIpc) is 2.15. The molecule has 2 nitrogen and oxygen atoms in total. The summed E-state index contributed by atoms with van der Waals surface area (Å²) < 4.78 is 25.1. The Morgan fingerprint density at radius 3 is 2.71 bits per heavy atom. The molecule has 6 heteroatoms. The van der Waals surface area contributed by atoms with E-state index in [2.05, 4.69) is 20.9 Å². The first-order valence-corrected chi connectivity index (χ1v) is 5.03. The van der Waals surface area contributed by atoms with E-state index in [-0.39, 0.29) is 27.3 Å². The van der Waals surface area contributed by atoms with E-state index < -0.39 is 6.43 Å². The predicted molar refractivity (Wildman–Crippen MR) is 51.6 cm³/mol. The molecule has 14 heavy (non-hydrogen) atoms. The number of pyridine rings is 1. The average molecular weight is 281 g/mol. The van der Waals surface area contributed by atoms with Crippen LogP contribution < -0.4 is 0 Å². The molecule has 0 aliphatic carbocycles. The molecule has 0 aliphatic rings. The van der Waals surface area contributed by atoms with Gasteiger partial charge < -0.3 is 0 Å². The lowest BCUT2D eigenvalue weighted by molar-refractivity contribution is 0.149. The summed E-state index contributed by atoms with van der Waals surface area (Å²) in [7, 11) is 0. The van der Waals surface area contributed by atoms with Gasteiger partial charge in [0.2, 0.25) is 0 Å². The van der Waals surface area contributed by atoms with E-state index in [1.165, 1.54) is 6.07 Å². The molecular formula is C8H4BrClF2N2. The molecule has 1 aromatic heterocycles. The molecule has 1 heterocycles. The smallest absolute Gasteiger partial charge is 0.225 e. The number of aromatic nitrogens is 1. The highest BCUT2D eigenvalue weighted by molar-refractivity contribution is 9.08. The second-order valence-corrected chi connectivity index (χ2v) is 3.36. The van der Waals surface area contributed by atoms with Gasteiger partial charge in [-0.2, -0.15) is 5.26 Å². The predicted octanol–water partition coefficient (Wildman–Crippen LogP) is 3.44. The summed E-state index contributed by atoms with van der Waals surface area (Å²) in [5.41, 5.74) is -0.382. The molecule has 74 valence electrons. The number of halogens is 4. The maximum atomic E-state index is 12.5. The molecule has 0 bridgehead atoms.